The summed E-state index contributed by atoms with van der Waals surface area (Å²) < 4.78 is 50.2. The molecule has 0 atom stereocenters. The van der Waals surface area contributed by atoms with Crippen LogP contribution in [0.3, 0.4) is 0 Å². The van der Waals surface area contributed by atoms with Gasteiger partial charge in [0.05, 0.1) is 16.9 Å². The van der Waals surface area contributed by atoms with Crippen molar-refractivity contribution in [2.24, 2.45) is 0 Å². The van der Waals surface area contributed by atoms with Crippen LogP contribution in [0.1, 0.15) is 21.8 Å². The first kappa shape index (κ1) is 16.3. The molecule has 9 heteroatoms. The fourth-order valence-corrected chi connectivity index (χ4v) is 6.10. The summed E-state index contributed by atoms with van der Waals surface area (Å²) in [6.07, 6.45) is 0.373. The van der Waals surface area contributed by atoms with Gasteiger partial charge in [-0.1, -0.05) is 0 Å². The molecule has 0 unspecified atom stereocenters. The van der Waals surface area contributed by atoms with Gasteiger partial charge in [0.25, 0.3) is 5.56 Å². The third-order valence-electron chi connectivity index (χ3n) is 4.10. The van der Waals surface area contributed by atoms with E-state index in [1.54, 1.807) is 0 Å². The van der Waals surface area contributed by atoms with Gasteiger partial charge in [-0.05, 0) is 29.7 Å². The van der Waals surface area contributed by atoms with E-state index in [1.165, 1.54) is 23.5 Å². The van der Waals surface area contributed by atoms with Crippen LogP contribution >= 0.6 is 11.3 Å². The summed E-state index contributed by atoms with van der Waals surface area (Å²) in [5.41, 5.74) is 0.740. The molecule has 5 nitrogen and oxygen atoms in total. The van der Waals surface area contributed by atoms with Crippen molar-refractivity contribution in [3.05, 3.63) is 62.0 Å². The number of sulfone groups is 1. The summed E-state index contributed by atoms with van der Waals surface area (Å²) in [5, 5.41) is 0.420. The van der Waals surface area contributed by atoms with E-state index in [1.807, 2.05) is 0 Å². The summed E-state index contributed by atoms with van der Waals surface area (Å²) in [6, 6.07) is 3.13. The number of nitrogens with one attached hydrogen (secondary N) is 1. The minimum absolute atomic E-state index is 0.0234. The van der Waals surface area contributed by atoms with Crippen molar-refractivity contribution in [2.75, 3.05) is 5.75 Å². The molecule has 25 heavy (non-hydrogen) atoms. The number of aromatic nitrogens is 2. The van der Waals surface area contributed by atoms with E-state index in [0.717, 1.165) is 11.6 Å². The number of benzene rings is 1. The zero-order valence-corrected chi connectivity index (χ0v) is 14.4. The Morgan fingerprint density at radius 2 is 1.92 bits per heavy atom. The molecule has 4 rings (SSSR count). The minimum Gasteiger partial charge on any atom is -0.310 e. The first-order valence-corrected chi connectivity index (χ1v) is 10.1. The fraction of sp³-hybridized carbons (Fsp3) is 0.250. The van der Waals surface area contributed by atoms with Crippen molar-refractivity contribution in [3.8, 4) is 0 Å². The molecular formula is C16H12F2N2O3S2. The van der Waals surface area contributed by atoms with Crippen molar-refractivity contribution < 1.29 is 17.2 Å². The maximum Gasteiger partial charge on any atom is 0.259 e. The predicted octanol–water partition coefficient (Wildman–Crippen LogP) is 2.32. The number of hydrogen-bond acceptors (Lipinski definition) is 5. The molecule has 0 spiro atoms. The highest BCUT2D eigenvalue weighted by atomic mass is 32.2. The van der Waals surface area contributed by atoms with Gasteiger partial charge in [-0.2, -0.15) is 0 Å². The highest BCUT2D eigenvalue weighted by molar-refractivity contribution is 7.90. The maximum absolute atomic E-state index is 13.3. The second-order valence-electron chi connectivity index (χ2n) is 5.99. The van der Waals surface area contributed by atoms with Crippen molar-refractivity contribution in [3.63, 3.8) is 0 Å². The molecule has 1 aliphatic heterocycles. The van der Waals surface area contributed by atoms with Gasteiger partial charge >= 0.3 is 0 Å². The Morgan fingerprint density at radius 1 is 1.20 bits per heavy atom. The molecule has 3 heterocycles. The molecule has 1 N–H and O–H groups in total. The SMILES string of the molecule is O=c1[nH]c(Cc2cc(F)cc(F)c2)nc2sc3c(c12)CCS(=O)(=O)C3. The Labute approximate surface area is 145 Å². The van der Waals surface area contributed by atoms with E-state index in [4.69, 9.17) is 0 Å². The number of aromatic amines is 1. The Balaban J connectivity index is 1.79. The van der Waals surface area contributed by atoms with E-state index in [9.17, 15) is 22.0 Å². The third-order valence-corrected chi connectivity index (χ3v) is 6.96. The van der Waals surface area contributed by atoms with Crippen LogP contribution in [0, 0.1) is 11.6 Å². The predicted molar refractivity (Wildman–Crippen MR) is 90.6 cm³/mol. The highest BCUT2D eigenvalue weighted by Crippen LogP contribution is 2.33. The fourth-order valence-electron chi connectivity index (χ4n) is 3.06. The highest BCUT2D eigenvalue weighted by Gasteiger charge is 2.27. The van der Waals surface area contributed by atoms with Crippen molar-refractivity contribution in [1.82, 2.24) is 9.97 Å². The molecule has 3 aromatic rings. The van der Waals surface area contributed by atoms with Crippen LogP contribution in [0.25, 0.3) is 10.2 Å². The number of nitrogens with zero attached hydrogens (tertiary/aromatic N) is 1. The summed E-state index contributed by atoms with van der Waals surface area (Å²) in [7, 11) is -3.14. The quantitative estimate of drug-likeness (QED) is 0.738. The van der Waals surface area contributed by atoms with Crippen molar-refractivity contribution in [1.29, 1.82) is 0 Å². The van der Waals surface area contributed by atoms with Crippen molar-refractivity contribution in [2.45, 2.75) is 18.6 Å². The molecule has 0 fully saturated rings. The van der Waals surface area contributed by atoms with Crippen LogP contribution in [0.4, 0.5) is 8.78 Å². The van der Waals surface area contributed by atoms with E-state index < -0.39 is 21.5 Å². The summed E-state index contributed by atoms with van der Waals surface area (Å²) >= 11 is 1.19. The second kappa shape index (κ2) is 5.70. The molecule has 0 radical (unpaired) electrons. The van der Waals surface area contributed by atoms with Crippen LogP contribution < -0.4 is 5.56 Å². The lowest BCUT2D eigenvalue weighted by Crippen LogP contribution is -2.19. The molecule has 0 bridgehead atoms. The largest absolute Gasteiger partial charge is 0.310 e. The van der Waals surface area contributed by atoms with Gasteiger partial charge < -0.3 is 4.98 Å². The molecular weight excluding hydrogens is 370 g/mol. The summed E-state index contributed by atoms with van der Waals surface area (Å²) in [5.74, 6) is -1.17. The van der Waals surface area contributed by atoms with Gasteiger partial charge in [-0.15, -0.1) is 11.3 Å². The lowest BCUT2D eigenvalue weighted by atomic mass is 10.1. The van der Waals surface area contributed by atoms with Gasteiger partial charge in [0.2, 0.25) is 0 Å². The van der Waals surface area contributed by atoms with Gasteiger partial charge in [-0.25, -0.2) is 22.2 Å². The summed E-state index contributed by atoms with van der Waals surface area (Å²) in [4.78, 5) is 20.5. The van der Waals surface area contributed by atoms with Gasteiger partial charge in [0.15, 0.2) is 9.84 Å². The lowest BCUT2D eigenvalue weighted by molar-refractivity contribution is 0.580. The number of halogens is 2. The van der Waals surface area contributed by atoms with E-state index >= 15 is 0 Å². The Bertz CT molecular complexity index is 1150. The molecule has 2 aromatic heterocycles. The number of H-pyrrole nitrogens is 1. The van der Waals surface area contributed by atoms with E-state index in [-0.39, 0.29) is 29.3 Å². The first-order valence-electron chi connectivity index (χ1n) is 7.49. The molecule has 1 aromatic carbocycles. The normalized spacial score (nSPS) is 16.1. The smallest absolute Gasteiger partial charge is 0.259 e. The maximum atomic E-state index is 13.3. The van der Waals surface area contributed by atoms with Crippen LogP contribution in [0.2, 0.25) is 0 Å². The number of fused-ring (bicyclic) bond motifs is 3. The average Bonchev–Trinajstić information content (AvgIpc) is 2.82. The first-order chi connectivity index (χ1) is 11.8. The lowest BCUT2D eigenvalue weighted by Gasteiger charge is -2.11. The Hall–Kier alpha value is -2.13. The van der Waals surface area contributed by atoms with Gasteiger partial charge in [-0.3, -0.25) is 4.79 Å². The van der Waals surface area contributed by atoms with Crippen LogP contribution in [0.5, 0.6) is 0 Å². The minimum atomic E-state index is -3.14. The number of rotatable bonds is 2. The monoisotopic (exact) mass is 382 g/mol. The molecule has 130 valence electrons. The van der Waals surface area contributed by atoms with Crippen molar-refractivity contribution >= 4 is 31.4 Å². The van der Waals surface area contributed by atoms with E-state index in [2.05, 4.69) is 9.97 Å². The van der Waals surface area contributed by atoms with Crippen LogP contribution in [0.15, 0.2) is 23.0 Å². The van der Waals surface area contributed by atoms with Crippen LogP contribution in [-0.4, -0.2) is 24.1 Å². The molecule has 0 aliphatic carbocycles. The van der Waals surface area contributed by atoms with E-state index in [0.29, 0.717) is 27.1 Å². The third kappa shape index (κ3) is 3.09. The van der Waals surface area contributed by atoms with Gasteiger partial charge in [0.1, 0.15) is 22.3 Å². The summed E-state index contributed by atoms with van der Waals surface area (Å²) in [6.45, 7) is 0. The molecule has 0 saturated carbocycles. The second-order valence-corrected chi connectivity index (χ2v) is 9.26. The molecule has 0 saturated heterocycles. The topological polar surface area (TPSA) is 79.9 Å². The molecule has 0 amide bonds. The molecule has 1 aliphatic rings. The van der Waals surface area contributed by atoms with Crippen LogP contribution in [-0.2, 0) is 28.4 Å². The van der Waals surface area contributed by atoms with Gasteiger partial charge in [0, 0.05) is 17.4 Å². The standard InChI is InChI=1S/C16H12F2N2O3S2/c17-9-3-8(4-10(18)6-9)5-13-19-15(21)14-11-1-2-25(22,23)7-12(11)24-16(14)20-13/h3-4,6H,1-2,5,7H2,(H,19,20,21). The number of aryl methyl sites for hydroxylation is 1. The Kier molecular flexibility index (Phi) is 3.73. The zero-order valence-electron chi connectivity index (χ0n) is 12.8. The number of hydrogen-bond donors (Lipinski definition) is 1. The Morgan fingerprint density at radius 3 is 2.64 bits per heavy atom. The average molecular weight is 382 g/mol. The number of thiophene rings is 1. The zero-order chi connectivity index (χ0) is 17.8.